The number of rotatable bonds is 3. The van der Waals surface area contributed by atoms with Crippen molar-refractivity contribution in [2.45, 2.75) is 13.3 Å². The molecule has 0 amide bonds. The number of hydrogen-bond donors (Lipinski definition) is 1. The average molecular weight is 170 g/mol. The van der Waals surface area contributed by atoms with Crippen LogP contribution in [0.4, 0.5) is 10.2 Å². The first-order chi connectivity index (χ1) is 5.74. The molecule has 0 saturated heterocycles. The number of halogens is 1. The molecule has 0 atom stereocenters. The molecular formula is C8H11FN2O. The molecule has 1 heterocycles. The smallest absolute Gasteiger partial charge is 0.168 e. The highest BCUT2D eigenvalue weighted by Gasteiger charge is 2.00. The minimum Gasteiger partial charge on any atom is -0.492 e. The van der Waals surface area contributed by atoms with Crippen molar-refractivity contribution in [1.82, 2.24) is 4.98 Å². The Bertz CT molecular complexity index is 265. The van der Waals surface area contributed by atoms with Crippen molar-refractivity contribution in [1.29, 1.82) is 0 Å². The van der Waals surface area contributed by atoms with Gasteiger partial charge in [-0.2, -0.15) is 0 Å². The Morgan fingerprint density at radius 1 is 1.67 bits per heavy atom. The van der Waals surface area contributed by atoms with Gasteiger partial charge in [0.15, 0.2) is 11.6 Å². The van der Waals surface area contributed by atoms with E-state index in [1.807, 2.05) is 6.92 Å². The van der Waals surface area contributed by atoms with E-state index in [1.165, 1.54) is 12.3 Å². The predicted octanol–water partition coefficient (Wildman–Crippen LogP) is 1.59. The first-order valence-corrected chi connectivity index (χ1v) is 3.78. The lowest BCUT2D eigenvalue weighted by atomic mass is 10.4. The molecule has 0 unspecified atom stereocenters. The third-order valence-corrected chi connectivity index (χ3v) is 1.32. The molecule has 12 heavy (non-hydrogen) atoms. The van der Waals surface area contributed by atoms with E-state index in [4.69, 9.17) is 10.5 Å². The van der Waals surface area contributed by atoms with E-state index in [0.29, 0.717) is 12.4 Å². The minimum atomic E-state index is -0.538. The summed E-state index contributed by atoms with van der Waals surface area (Å²) in [4.78, 5) is 3.61. The average Bonchev–Trinajstić information content (AvgIpc) is 2.07. The molecule has 0 fully saturated rings. The number of anilines is 1. The van der Waals surface area contributed by atoms with Crippen LogP contribution in [0.2, 0.25) is 0 Å². The third-order valence-electron chi connectivity index (χ3n) is 1.32. The lowest BCUT2D eigenvalue weighted by Gasteiger charge is -2.03. The molecule has 0 saturated carbocycles. The number of nitrogen functional groups attached to an aromatic ring is 1. The van der Waals surface area contributed by atoms with Crippen LogP contribution >= 0.6 is 0 Å². The SMILES string of the molecule is CCCOc1cnc(N)c(F)c1. The lowest BCUT2D eigenvalue weighted by molar-refractivity contribution is 0.314. The molecule has 2 N–H and O–H groups in total. The van der Waals surface area contributed by atoms with Crippen LogP contribution in [0, 0.1) is 5.82 Å². The Kier molecular flexibility index (Phi) is 2.85. The summed E-state index contributed by atoms with van der Waals surface area (Å²) in [5.41, 5.74) is 5.18. The Morgan fingerprint density at radius 2 is 2.42 bits per heavy atom. The molecule has 66 valence electrons. The fourth-order valence-electron chi connectivity index (χ4n) is 0.730. The molecule has 1 aromatic rings. The molecule has 0 aliphatic heterocycles. The van der Waals surface area contributed by atoms with Crippen molar-refractivity contribution >= 4 is 5.82 Å². The molecule has 0 bridgehead atoms. The van der Waals surface area contributed by atoms with Crippen molar-refractivity contribution in [3.05, 3.63) is 18.1 Å². The highest BCUT2D eigenvalue weighted by atomic mass is 19.1. The van der Waals surface area contributed by atoms with Crippen molar-refractivity contribution in [2.75, 3.05) is 12.3 Å². The van der Waals surface area contributed by atoms with Gasteiger partial charge in [0.2, 0.25) is 0 Å². The van der Waals surface area contributed by atoms with E-state index in [0.717, 1.165) is 6.42 Å². The van der Waals surface area contributed by atoms with Crippen LogP contribution in [0.15, 0.2) is 12.3 Å². The van der Waals surface area contributed by atoms with Gasteiger partial charge in [-0.3, -0.25) is 0 Å². The maximum Gasteiger partial charge on any atom is 0.168 e. The van der Waals surface area contributed by atoms with Crippen LogP contribution in [-0.2, 0) is 0 Å². The summed E-state index contributed by atoms with van der Waals surface area (Å²) in [5.74, 6) is -0.217. The van der Waals surface area contributed by atoms with E-state index in [9.17, 15) is 4.39 Å². The summed E-state index contributed by atoms with van der Waals surface area (Å²) < 4.78 is 17.9. The number of aromatic nitrogens is 1. The zero-order valence-corrected chi connectivity index (χ0v) is 6.88. The molecule has 4 heteroatoms. The number of pyridine rings is 1. The Balaban J connectivity index is 2.69. The molecular weight excluding hydrogens is 159 g/mol. The van der Waals surface area contributed by atoms with Crippen molar-refractivity contribution in [3.8, 4) is 5.75 Å². The number of ether oxygens (including phenoxy) is 1. The maximum absolute atomic E-state index is 12.7. The van der Waals surface area contributed by atoms with Gasteiger partial charge in [-0.15, -0.1) is 0 Å². The van der Waals surface area contributed by atoms with Gasteiger partial charge in [0.05, 0.1) is 12.8 Å². The van der Waals surface area contributed by atoms with E-state index in [2.05, 4.69) is 4.98 Å². The molecule has 0 radical (unpaired) electrons. The van der Waals surface area contributed by atoms with Crippen LogP contribution < -0.4 is 10.5 Å². The third kappa shape index (κ3) is 2.08. The van der Waals surface area contributed by atoms with Gasteiger partial charge in [-0.1, -0.05) is 6.92 Å². The number of nitrogens with zero attached hydrogens (tertiary/aromatic N) is 1. The highest BCUT2D eigenvalue weighted by Crippen LogP contribution is 2.14. The fraction of sp³-hybridized carbons (Fsp3) is 0.375. The van der Waals surface area contributed by atoms with E-state index in [-0.39, 0.29) is 5.82 Å². The van der Waals surface area contributed by atoms with Gasteiger partial charge < -0.3 is 10.5 Å². The fourth-order valence-corrected chi connectivity index (χ4v) is 0.730. The number of nitrogens with two attached hydrogens (primary N) is 1. The van der Waals surface area contributed by atoms with E-state index in [1.54, 1.807) is 0 Å². The minimum absolute atomic E-state index is 0.0983. The van der Waals surface area contributed by atoms with Gasteiger partial charge in [0.25, 0.3) is 0 Å². The Morgan fingerprint density at radius 3 is 3.00 bits per heavy atom. The maximum atomic E-state index is 12.7. The Labute approximate surface area is 70.4 Å². The van der Waals surface area contributed by atoms with Crippen LogP contribution in [0.3, 0.4) is 0 Å². The molecule has 0 spiro atoms. The van der Waals surface area contributed by atoms with Crippen LogP contribution in [0.5, 0.6) is 5.75 Å². The van der Waals surface area contributed by atoms with Gasteiger partial charge in [0.1, 0.15) is 5.75 Å². The van der Waals surface area contributed by atoms with Gasteiger partial charge in [0, 0.05) is 6.07 Å². The molecule has 1 aromatic heterocycles. The molecule has 3 nitrogen and oxygen atoms in total. The van der Waals surface area contributed by atoms with Crippen LogP contribution in [-0.4, -0.2) is 11.6 Å². The largest absolute Gasteiger partial charge is 0.492 e. The zero-order valence-electron chi connectivity index (χ0n) is 6.88. The molecule has 1 rings (SSSR count). The first kappa shape index (κ1) is 8.77. The van der Waals surface area contributed by atoms with Crippen molar-refractivity contribution < 1.29 is 9.13 Å². The molecule has 0 aromatic carbocycles. The molecule has 0 aliphatic rings. The second kappa shape index (κ2) is 3.90. The second-order valence-electron chi connectivity index (χ2n) is 2.39. The Hall–Kier alpha value is -1.32. The van der Waals surface area contributed by atoms with Gasteiger partial charge in [-0.25, -0.2) is 9.37 Å². The topological polar surface area (TPSA) is 48.1 Å². The standard InChI is InChI=1S/C8H11FN2O/c1-2-3-12-6-4-7(9)8(10)11-5-6/h4-5H,2-3H2,1H3,(H2,10,11). The van der Waals surface area contributed by atoms with Crippen molar-refractivity contribution in [3.63, 3.8) is 0 Å². The second-order valence-corrected chi connectivity index (χ2v) is 2.39. The van der Waals surface area contributed by atoms with Gasteiger partial charge in [-0.05, 0) is 6.42 Å². The van der Waals surface area contributed by atoms with Crippen molar-refractivity contribution in [2.24, 2.45) is 0 Å². The lowest BCUT2D eigenvalue weighted by Crippen LogP contribution is -1.99. The van der Waals surface area contributed by atoms with Crippen LogP contribution in [0.25, 0.3) is 0 Å². The van der Waals surface area contributed by atoms with Gasteiger partial charge >= 0.3 is 0 Å². The van der Waals surface area contributed by atoms with E-state index >= 15 is 0 Å². The zero-order chi connectivity index (χ0) is 8.97. The number of hydrogen-bond acceptors (Lipinski definition) is 3. The summed E-state index contributed by atoms with van der Waals surface area (Å²) in [6, 6.07) is 1.23. The summed E-state index contributed by atoms with van der Waals surface area (Å²) in [6.45, 7) is 2.53. The summed E-state index contributed by atoms with van der Waals surface area (Å²) in [6.07, 6.45) is 2.29. The van der Waals surface area contributed by atoms with E-state index < -0.39 is 5.82 Å². The molecule has 0 aliphatic carbocycles. The normalized spacial score (nSPS) is 9.83. The first-order valence-electron chi connectivity index (χ1n) is 3.78. The monoisotopic (exact) mass is 170 g/mol. The summed E-state index contributed by atoms with van der Waals surface area (Å²) in [5, 5.41) is 0. The predicted molar refractivity (Wildman–Crippen MR) is 44.4 cm³/mol. The summed E-state index contributed by atoms with van der Waals surface area (Å²) >= 11 is 0. The quantitative estimate of drug-likeness (QED) is 0.749. The summed E-state index contributed by atoms with van der Waals surface area (Å²) in [7, 11) is 0. The van der Waals surface area contributed by atoms with Crippen LogP contribution in [0.1, 0.15) is 13.3 Å². The highest BCUT2D eigenvalue weighted by molar-refractivity contribution is 5.34.